The molecule has 2 heterocycles. The molecule has 1 saturated heterocycles. The Hall–Kier alpha value is -1.62. The van der Waals surface area contributed by atoms with Gasteiger partial charge in [0.2, 0.25) is 0 Å². The van der Waals surface area contributed by atoms with Crippen LogP contribution in [-0.4, -0.2) is 41.3 Å². The molecule has 1 fully saturated rings. The Balaban J connectivity index is 2.01. The fourth-order valence-electron chi connectivity index (χ4n) is 1.84. The second-order valence-corrected chi connectivity index (χ2v) is 5.47. The first kappa shape index (κ1) is 12.4. The molecule has 0 aliphatic carbocycles. The average molecular weight is 265 g/mol. The Kier molecular flexibility index (Phi) is 3.64. The predicted molar refractivity (Wildman–Crippen MR) is 70.7 cm³/mol. The van der Waals surface area contributed by atoms with E-state index in [0.717, 1.165) is 5.69 Å². The standard InChI is InChI=1S/C14H20N2O3/c1-14(2,3)19-13(17)16-8-9-18-12(10-16)11-6-4-5-7-15-11/h4-7,12H,8-10H2,1-3H3/t12-/m0/s1/i5D. The van der Waals surface area contributed by atoms with Crippen LogP contribution in [-0.2, 0) is 9.47 Å². The first-order chi connectivity index (χ1) is 9.35. The van der Waals surface area contributed by atoms with Crippen LogP contribution in [0.1, 0.15) is 33.9 Å². The van der Waals surface area contributed by atoms with E-state index in [2.05, 4.69) is 4.98 Å². The Morgan fingerprint density at radius 2 is 2.42 bits per heavy atom. The first-order valence-electron chi connectivity index (χ1n) is 6.87. The van der Waals surface area contributed by atoms with Gasteiger partial charge in [-0.3, -0.25) is 4.98 Å². The van der Waals surface area contributed by atoms with Gasteiger partial charge in [-0.05, 0) is 32.9 Å². The Labute approximate surface area is 114 Å². The number of ether oxygens (including phenoxy) is 2. The molecule has 0 saturated carbocycles. The highest BCUT2D eigenvalue weighted by atomic mass is 16.6. The van der Waals surface area contributed by atoms with Crippen LogP contribution in [0.15, 0.2) is 24.4 Å². The van der Waals surface area contributed by atoms with Crippen molar-refractivity contribution < 1.29 is 15.6 Å². The summed E-state index contributed by atoms with van der Waals surface area (Å²) in [6.45, 7) is 6.92. The second kappa shape index (κ2) is 5.57. The molecule has 0 aromatic carbocycles. The van der Waals surface area contributed by atoms with Gasteiger partial charge in [0.1, 0.15) is 11.7 Å². The van der Waals surface area contributed by atoms with Crippen LogP contribution in [0.2, 0.25) is 0 Å². The highest BCUT2D eigenvalue weighted by Crippen LogP contribution is 2.21. The van der Waals surface area contributed by atoms with Crippen molar-refractivity contribution in [3.05, 3.63) is 30.1 Å². The molecule has 1 aliphatic heterocycles. The molecule has 104 valence electrons. The number of rotatable bonds is 1. The third-order valence-corrected chi connectivity index (χ3v) is 2.69. The molecule has 19 heavy (non-hydrogen) atoms. The minimum Gasteiger partial charge on any atom is -0.444 e. The van der Waals surface area contributed by atoms with Gasteiger partial charge in [-0.25, -0.2) is 4.79 Å². The maximum atomic E-state index is 12.0. The minimum absolute atomic E-state index is 0.267. The number of pyridine rings is 1. The zero-order valence-electron chi connectivity index (χ0n) is 12.5. The fourth-order valence-corrected chi connectivity index (χ4v) is 1.84. The lowest BCUT2D eigenvalue weighted by molar-refractivity contribution is -0.0447. The lowest BCUT2D eigenvalue weighted by Crippen LogP contribution is -2.44. The largest absolute Gasteiger partial charge is 0.444 e. The molecule has 1 aromatic rings. The minimum atomic E-state index is -0.504. The summed E-state index contributed by atoms with van der Waals surface area (Å²) >= 11 is 0. The summed E-state index contributed by atoms with van der Waals surface area (Å²) in [4.78, 5) is 17.9. The Morgan fingerprint density at radius 1 is 1.63 bits per heavy atom. The van der Waals surface area contributed by atoms with E-state index in [0.29, 0.717) is 25.7 Å². The monoisotopic (exact) mass is 265 g/mol. The molecule has 5 nitrogen and oxygen atoms in total. The van der Waals surface area contributed by atoms with E-state index in [-0.39, 0.29) is 12.2 Å². The van der Waals surface area contributed by atoms with Crippen LogP contribution in [0.3, 0.4) is 0 Å². The van der Waals surface area contributed by atoms with Gasteiger partial charge in [0.15, 0.2) is 0 Å². The number of morpholine rings is 1. The lowest BCUT2D eigenvalue weighted by atomic mass is 10.2. The van der Waals surface area contributed by atoms with Crippen molar-refractivity contribution in [1.29, 1.82) is 0 Å². The van der Waals surface area contributed by atoms with Crippen LogP contribution in [0.4, 0.5) is 4.79 Å². The van der Waals surface area contributed by atoms with Crippen LogP contribution in [0, 0.1) is 0 Å². The SMILES string of the molecule is [2H]c1ccc([C@@H]2CN(C(=O)OC(C)(C)C)CCO2)nc1. The number of nitrogens with zero attached hydrogens (tertiary/aromatic N) is 2. The summed E-state index contributed by atoms with van der Waals surface area (Å²) in [5.41, 5.74) is 0.227. The molecule has 0 N–H and O–H groups in total. The van der Waals surface area contributed by atoms with Crippen LogP contribution < -0.4 is 0 Å². The van der Waals surface area contributed by atoms with Crippen molar-refractivity contribution in [2.45, 2.75) is 32.5 Å². The molecular formula is C14H20N2O3. The molecule has 0 bridgehead atoms. The van der Waals surface area contributed by atoms with Crippen molar-refractivity contribution in [3.63, 3.8) is 0 Å². The zero-order valence-corrected chi connectivity index (χ0v) is 11.5. The normalized spacial score (nSPS) is 20.9. The summed E-state index contributed by atoms with van der Waals surface area (Å²) in [5, 5.41) is 0. The highest BCUT2D eigenvalue weighted by Gasteiger charge is 2.29. The number of aromatic nitrogens is 1. The van der Waals surface area contributed by atoms with Gasteiger partial charge >= 0.3 is 6.09 Å². The van der Waals surface area contributed by atoms with Crippen molar-refractivity contribution in [2.24, 2.45) is 0 Å². The lowest BCUT2D eigenvalue weighted by Gasteiger charge is -2.33. The first-order valence-corrected chi connectivity index (χ1v) is 6.37. The maximum absolute atomic E-state index is 12.0. The van der Waals surface area contributed by atoms with Crippen molar-refractivity contribution in [3.8, 4) is 0 Å². The molecule has 1 aliphatic rings. The molecular weight excluding hydrogens is 244 g/mol. The number of carbonyl (C=O) groups is 1. The zero-order chi connectivity index (χ0) is 14.8. The van der Waals surface area contributed by atoms with Crippen LogP contribution in [0.25, 0.3) is 0 Å². The van der Waals surface area contributed by atoms with Gasteiger partial charge in [0, 0.05) is 12.7 Å². The van der Waals surface area contributed by atoms with E-state index in [1.807, 2.05) is 20.8 Å². The number of amides is 1. The van der Waals surface area contributed by atoms with E-state index in [9.17, 15) is 4.79 Å². The van der Waals surface area contributed by atoms with Crippen LogP contribution in [0.5, 0.6) is 0 Å². The van der Waals surface area contributed by atoms with Crippen LogP contribution >= 0.6 is 0 Å². The van der Waals surface area contributed by atoms with Crippen molar-refractivity contribution in [1.82, 2.24) is 9.88 Å². The summed E-state index contributed by atoms with van der Waals surface area (Å²) in [5.74, 6) is 0. The third kappa shape index (κ3) is 3.92. The van der Waals surface area contributed by atoms with Gasteiger partial charge in [-0.1, -0.05) is 6.07 Å². The van der Waals surface area contributed by atoms with Gasteiger partial charge in [0.05, 0.1) is 20.2 Å². The van der Waals surface area contributed by atoms with E-state index < -0.39 is 5.60 Å². The van der Waals surface area contributed by atoms with Gasteiger partial charge in [0.25, 0.3) is 0 Å². The summed E-state index contributed by atoms with van der Waals surface area (Å²) < 4.78 is 18.4. The van der Waals surface area contributed by atoms with E-state index >= 15 is 0 Å². The Bertz CT molecular complexity index is 470. The molecule has 0 spiro atoms. The van der Waals surface area contributed by atoms with Crippen molar-refractivity contribution in [2.75, 3.05) is 19.7 Å². The molecule has 0 unspecified atom stereocenters. The highest BCUT2D eigenvalue weighted by molar-refractivity contribution is 5.68. The number of carbonyl (C=O) groups excluding carboxylic acids is 1. The summed E-state index contributed by atoms with van der Waals surface area (Å²) in [6, 6.07) is 3.78. The molecule has 5 heteroatoms. The van der Waals surface area contributed by atoms with Gasteiger partial charge in [-0.15, -0.1) is 0 Å². The van der Waals surface area contributed by atoms with Gasteiger partial charge < -0.3 is 14.4 Å². The number of hydrogen-bond acceptors (Lipinski definition) is 4. The quantitative estimate of drug-likeness (QED) is 0.782. The van der Waals surface area contributed by atoms with E-state index in [1.54, 1.807) is 17.0 Å². The summed E-state index contributed by atoms with van der Waals surface area (Å²) in [7, 11) is 0. The predicted octanol–water partition coefficient (Wildman–Crippen LogP) is 2.39. The third-order valence-electron chi connectivity index (χ3n) is 2.69. The van der Waals surface area contributed by atoms with E-state index in [1.165, 1.54) is 6.20 Å². The van der Waals surface area contributed by atoms with Gasteiger partial charge in [-0.2, -0.15) is 0 Å². The fraction of sp³-hybridized carbons (Fsp3) is 0.571. The second-order valence-electron chi connectivity index (χ2n) is 5.47. The molecule has 2 rings (SSSR count). The molecule has 0 radical (unpaired) electrons. The average Bonchev–Trinajstić information content (AvgIpc) is 2.38. The smallest absolute Gasteiger partial charge is 0.410 e. The topological polar surface area (TPSA) is 51.7 Å². The van der Waals surface area contributed by atoms with E-state index in [4.69, 9.17) is 10.8 Å². The van der Waals surface area contributed by atoms with Crippen molar-refractivity contribution >= 4 is 6.09 Å². The molecule has 1 atom stereocenters. The molecule has 1 amide bonds. The molecule has 1 aromatic heterocycles. The summed E-state index contributed by atoms with van der Waals surface area (Å²) in [6.07, 6.45) is 0.880. The Morgan fingerprint density at radius 3 is 3.05 bits per heavy atom. The maximum Gasteiger partial charge on any atom is 0.410 e. The number of hydrogen-bond donors (Lipinski definition) is 0.